The molecule has 0 amide bonds. The zero-order valence-corrected chi connectivity index (χ0v) is 12.8. The predicted molar refractivity (Wildman–Crippen MR) is 79.8 cm³/mol. The van der Waals surface area contributed by atoms with Crippen LogP contribution in [0.15, 0.2) is 18.2 Å². The van der Waals surface area contributed by atoms with Crippen LogP contribution in [0, 0.1) is 3.57 Å². The van der Waals surface area contributed by atoms with E-state index >= 15 is 0 Å². The Balaban J connectivity index is 2.54. The number of hydrogen-bond donors (Lipinski definition) is 1. The first kappa shape index (κ1) is 15.3. The molecule has 1 aromatic carbocycles. The van der Waals surface area contributed by atoms with Gasteiger partial charge >= 0.3 is 6.16 Å². The Morgan fingerprint density at radius 3 is 2.78 bits per heavy atom. The summed E-state index contributed by atoms with van der Waals surface area (Å²) in [5, 5.41) is 8.48. The van der Waals surface area contributed by atoms with Crippen LogP contribution in [0.4, 0.5) is 4.79 Å². The Kier molecular flexibility index (Phi) is 7.08. The van der Waals surface area contributed by atoms with Crippen molar-refractivity contribution in [2.75, 3.05) is 0 Å². The predicted octanol–water partition coefficient (Wildman–Crippen LogP) is 4.61. The summed E-state index contributed by atoms with van der Waals surface area (Å²) in [5.74, 6) is 0. The van der Waals surface area contributed by atoms with E-state index in [1.165, 1.54) is 34.8 Å². The maximum atomic E-state index is 10.3. The average molecular weight is 362 g/mol. The molecule has 1 aromatic rings. The van der Waals surface area contributed by atoms with Gasteiger partial charge in [-0.05, 0) is 52.6 Å². The molecule has 0 fully saturated rings. The maximum absolute atomic E-state index is 10.3. The SMILES string of the molecule is CCCCCCc1cc(COC(=O)O)ccc1I. The van der Waals surface area contributed by atoms with Crippen molar-refractivity contribution < 1.29 is 14.6 Å². The van der Waals surface area contributed by atoms with E-state index in [0.717, 1.165) is 12.0 Å². The molecule has 0 saturated carbocycles. The van der Waals surface area contributed by atoms with Gasteiger partial charge in [0.15, 0.2) is 0 Å². The highest BCUT2D eigenvalue weighted by molar-refractivity contribution is 14.1. The third-order valence-corrected chi connectivity index (χ3v) is 3.82. The van der Waals surface area contributed by atoms with E-state index in [-0.39, 0.29) is 6.61 Å². The van der Waals surface area contributed by atoms with Gasteiger partial charge in [0.25, 0.3) is 0 Å². The van der Waals surface area contributed by atoms with Crippen LogP contribution in [0.25, 0.3) is 0 Å². The standard InChI is InChI=1S/C14H19IO3/c1-2-3-4-5-6-12-9-11(7-8-13(12)15)10-18-14(16)17/h7-9H,2-6,10H2,1H3,(H,16,17). The first-order chi connectivity index (χ1) is 8.63. The van der Waals surface area contributed by atoms with Crippen LogP contribution in [0.5, 0.6) is 0 Å². The first-order valence-electron chi connectivity index (χ1n) is 6.26. The quantitative estimate of drug-likeness (QED) is 0.438. The Morgan fingerprint density at radius 1 is 1.33 bits per heavy atom. The molecule has 0 unspecified atom stereocenters. The summed E-state index contributed by atoms with van der Waals surface area (Å²) in [6.07, 6.45) is 4.79. The van der Waals surface area contributed by atoms with E-state index in [0.29, 0.717) is 0 Å². The first-order valence-corrected chi connectivity index (χ1v) is 7.34. The summed E-state index contributed by atoms with van der Waals surface area (Å²) in [5.41, 5.74) is 2.21. The summed E-state index contributed by atoms with van der Waals surface area (Å²) >= 11 is 2.32. The highest BCUT2D eigenvalue weighted by atomic mass is 127. The van der Waals surface area contributed by atoms with Gasteiger partial charge in [0.1, 0.15) is 6.61 Å². The van der Waals surface area contributed by atoms with Crippen molar-refractivity contribution in [3.63, 3.8) is 0 Å². The summed E-state index contributed by atoms with van der Waals surface area (Å²) in [7, 11) is 0. The molecule has 4 heteroatoms. The van der Waals surface area contributed by atoms with Crippen LogP contribution in [-0.2, 0) is 17.8 Å². The number of aryl methyl sites for hydroxylation is 1. The van der Waals surface area contributed by atoms with Crippen LogP contribution < -0.4 is 0 Å². The van der Waals surface area contributed by atoms with Crippen LogP contribution >= 0.6 is 22.6 Å². The lowest BCUT2D eigenvalue weighted by Crippen LogP contribution is -2.01. The number of ether oxygens (including phenoxy) is 1. The number of benzene rings is 1. The van der Waals surface area contributed by atoms with E-state index in [1.54, 1.807) is 0 Å². The fraction of sp³-hybridized carbons (Fsp3) is 0.500. The van der Waals surface area contributed by atoms with Gasteiger partial charge in [-0.3, -0.25) is 0 Å². The topological polar surface area (TPSA) is 46.5 Å². The summed E-state index contributed by atoms with van der Waals surface area (Å²) < 4.78 is 5.82. The zero-order valence-electron chi connectivity index (χ0n) is 10.6. The molecular weight excluding hydrogens is 343 g/mol. The number of carboxylic acid groups (broad SMARTS) is 1. The average Bonchev–Trinajstić information content (AvgIpc) is 2.35. The minimum atomic E-state index is -1.22. The number of hydrogen-bond acceptors (Lipinski definition) is 2. The third-order valence-electron chi connectivity index (χ3n) is 2.77. The molecule has 0 aliphatic rings. The van der Waals surface area contributed by atoms with Crippen LogP contribution in [-0.4, -0.2) is 11.3 Å². The molecule has 0 radical (unpaired) electrons. The third kappa shape index (κ3) is 5.71. The van der Waals surface area contributed by atoms with Gasteiger partial charge in [0, 0.05) is 3.57 Å². The van der Waals surface area contributed by atoms with Gasteiger partial charge in [0.05, 0.1) is 0 Å². The summed E-state index contributed by atoms with van der Waals surface area (Å²) in [6, 6.07) is 5.99. The van der Waals surface area contributed by atoms with Gasteiger partial charge in [-0.1, -0.05) is 38.3 Å². The van der Waals surface area contributed by atoms with Crippen LogP contribution in [0.3, 0.4) is 0 Å². The molecule has 0 spiro atoms. The lowest BCUT2D eigenvalue weighted by molar-refractivity contribution is 0.0853. The number of carbonyl (C=O) groups is 1. The molecule has 0 aliphatic carbocycles. The monoisotopic (exact) mass is 362 g/mol. The van der Waals surface area contributed by atoms with Crippen molar-refractivity contribution in [1.82, 2.24) is 0 Å². The number of rotatable bonds is 7. The van der Waals surface area contributed by atoms with Gasteiger partial charge in [-0.2, -0.15) is 0 Å². The second-order valence-electron chi connectivity index (χ2n) is 4.29. The molecule has 0 atom stereocenters. The number of unbranched alkanes of at least 4 members (excludes halogenated alkanes) is 3. The molecule has 0 bridgehead atoms. The van der Waals surface area contributed by atoms with Crippen molar-refractivity contribution in [1.29, 1.82) is 0 Å². The lowest BCUT2D eigenvalue weighted by atomic mass is 10.0. The molecular formula is C14H19IO3. The fourth-order valence-corrected chi connectivity index (χ4v) is 2.40. The minimum absolute atomic E-state index is 0.133. The van der Waals surface area contributed by atoms with E-state index in [9.17, 15) is 4.79 Å². The normalized spacial score (nSPS) is 10.3. The molecule has 1 rings (SSSR count). The Hall–Kier alpha value is -0.780. The molecule has 0 saturated heterocycles. The summed E-state index contributed by atoms with van der Waals surface area (Å²) in [6.45, 7) is 2.34. The van der Waals surface area contributed by atoms with Gasteiger partial charge in [-0.25, -0.2) is 4.79 Å². The molecule has 0 aliphatic heterocycles. The van der Waals surface area contributed by atoms with Gasteiger partial charge < -0.3 is 9.84 Å². The maximum Gasteiger partial charge on any atom is 0.506 e. The largest absolute Gasteiger partial charge is 0.506 e. The van der Waals surface area contributed by atoms with Crippen molar-refractivity contribution >= 4 is 28.7 Å². The molecule has 18 heavy (non-hydrogen) atoms. The Labute approximate surface area is 122 Å². The molecule has 1 N–H and O–H groups in total. The van der Waals surface area contributed by atoms with Crippen LogP contribution in [0.1, 0.15) is 43.7 Å². The Morgan fingerprint density at radius 2 is 2.11 bits per heavy atom. The van der Waals surface area contributed by atoms with E-state index in [2.05, 4.69) is 40.3 Å². The smallest absolute Gasteiger partial charge is 0.450 e. The molecule has 0 aromatic heterocycles. The second-order valence-corrected chi connectivity index (χ2v) is 5.45. The Bertz CT molecular complexity index is 391. The van der Waals surface area contributed by atoms with Crippen molar-refractivity contribution in [2.24, 2.45) is 0 Å². The second kappa shape index (κ2) is 8.34. The molecule has 0 heterocycles. The highest BCUT2D eigenvalue weighted by Crippen LogP contribution is 2.18. The highest BCUT2D eigenvalue weighted by Gasteiger charge is 2.04. The number of halogens is 1. The van der Waals surface area contributed by atoms with E-state index < -0.39 is 6.16 Å². The van der Waals surface area contributed by atoms with E-state index in [4.69, 9.17) is 5.11 Å². The van der Waals surface area contributed by atoms with Gasteiger partial charge in [-0.15, -0.1) is 0 Å². The summed E-state index contributed by atoms with van der Waals surface area (Å²) in [4.78, 5) is 10.3. The van der Waals surface area contributed by atoms with E-state index in [1.807, 2.05) is 12.1 Å². The van der Waals surface area contributed by atoms with Crippen LogP contribution in [0.2, 0.25) is 0 Å². The van der Waals surface area contributed by atoms with Crippen molar-refractivity contribution in [3.8, 4) is 0 Å². The molecule has 100 valence electrons. The fourth-order valence-electron chi connectivity index (χ4n) is 1.80. The molecule has 3 nitrogen and oxygen atoms in total. The lowest BCUT2D eigenvalue weighted by Gasteiger charge is -2.08. The van der Waals surface area contributed by atoms with Gasteiger partial charge in [0.2, 0.25) is 0 Å². The van der Waals surface area contributed by atoms with Crippen molar-refractivity contribution in [3.05, 3.63) is 32.9 Å². The zero-order chi connectivity index (χ0) is 13.4. The van der Waals surface area contributed by atoms with Crippen molar-refractivity contribution in [2.45, 2.75) is 45.6 Å². The minimum Gasteiger partial charge on any atom is -0.450 e.